The lowest BCUT2D eigenvalue weighted by molar-refractivity contribution is -0.685. The number of quaternary nitrogens is 2. The van der Waals surface area contributed by atoms with E-state index < -0.39 is 0 Å². The molecule has 4 rings (SSSR count). The lowest BCUT2D eigenvalue weighted by atomic mass is 10.2. The SMILES string of the molecule is C=C(/C=C\C=C/[NH2+]C)N=N/C=N/N=c1\ccccn1CCOc1ccn(Cc2ccn(CCO)/c(=N/N=C/N=Nc3cccc[n+]3CCO)c2)/c(=N/N=C/N=NC(=C)/C=C\C=C/[NH2+]C)c1. The van der Waals surface area contributed by atoms with Crippen LogP contribution >= 0.6 is 0 Å². The summed E-state index contributed by atoms with van der Waals surface area (Å²) in [6.45, 7) is 9.33. The molecular formula is C44H55N18O3+3. The van der Waals surface area contributed by atoms with Gasteiger partial charge in [0.15, 0.2) is 35.5 Å². The zero-order valence-corrected chi connectivity index (χ0v) is 36.4. The van der Waals surface area contributed by atoms with Crippen LogP contribution in [0.25, 0.3) is 0 Å². The van der Waals surface area contributed by atoms with Crippen LogP contribution in [-0.4, -0.2) is 76.8 Å². The number of azo groups is 3. The minimum absolute atomic E-state index is 0.0365. The molecule has 0 unspecified atom stereocenters. The molecule has 4 heterocycles. The molecule has 0 spiro atoms. The van der Waals surface area contributed by atoms with Gasteiger partial charge in [0, 0.05) is 43.8 Å². The Morgan fingerprint density at radius 3 is 1.98 bits per heavy atom. The van der Waals surface area contributed by atoms with Gasteiger partial charge >= 0.3 is 5.82 Å². The molecule has 0 saturated heterocycles. The number of aromatic nitrogens is 4. The van der Waals surface area contributed by atoms with Crippen molar-refractivity contribution in [1.82, 2.24) is 13.7 Å². The second-order valence-electron chi connectivity index (χ2n) is 13.0. The third-order valence-corrected chi connectivity index (χ3v) is 8.26. The van der Waals surface area contributed by atoms with Crippen molar-refractivity contribution >= 4 is 24.8 Å². The first-order valence-corrected chi connectivity index (χ1v) is 20.3. The van der Waals surface area contributed by atoms with Crippen LogP contribution in [0.1, 0.15) is 5.56 Å². The highest BCUT2D eigenvalue weighted by molar-refractivity contribution is 5.55. The maximum absolute atomic E-state index is 9.72. The van der Waals surface area contributed by atoms with E-state index in [1.807, 2.05) is 138 Å². The van der Waals surface area contributed by atoms with E-state index in [0.29, 0.717) is 72.2 Å². The molecule has 0 aliphatic heterocycles. The molecule has 0 radical (unpaired) electrons. The smallest absolute Gasteiger partial charge is 0.350 e. The summed E-state index contributed by atoms with van der Waals surface area (Å²) in [5.74, 6) is 1.09. The molecule has 0 aliphatic carbocycles. The highest BCUT2D eigenvalue weighted by Crippen LogP contribution is 2.08. The molecule has 0 aromatic carbocycles. The van der Waals surface area contributed by atoms with Crippen molar-refractivity contribution in [3.8, 4) is 5.75 Å². The van der Waals surface area contributed by atoms with Gasteiger partial charge in [0.25, 0.3) is 0 Å². The highest BCUT2D eigenvalue weighted by Gasteiger charge is 2.07. The number of pyridine rings is 4. The van der Waals surface area contributed by atoms with E-state index >= 15 is 0 Å². The largest absolute Gasteiger partial charge is 0.492 e. The van der Waals surface area contributed by atoms with Gasteiger partial charge in [-0.2, -0.15) is 10.2 Å². The number of aliphatic hydroxyl groups excluding tert-OH is 2. The minimum Gasteiger partial charge on any atom is -0.492 e. The summed E-state index contributed by atoms with van der Waals surface area (Å²) < 4.78 is 13.5. The zero-order chi connectivity index (χ0) is 46.2. The second kappa shape index (κ2) is 30.0. The zero-order valence-electron chi connectivity index (χ0n) is 36.4. The molecule has 0 saturated carbocycles. The summed E-state index contributed by atoms with van der Waals surface area (Å²) in [7, 11) is 3.86. The topological polar surface area (TPSA) is 250 Å². The van der Waals surface area contributed by atoms with Crippen molar-refractivity contribution in [2.45, 2.75) is 26.2 Å². The lowest BCUT2D eigenvalue weighted by Gasteiger charge is -2.12. The Bertz CT molecular complexity index is 2680. The Labute approximate surface area is 375 Å². The molecule has 4 aromatic heterocycles. The Kier molecular flexibility index (Phi) is 22.9. The van der Waals surface area contributed by atoms with Gasteiger partial charge < -0.3 is 39.3 Å². The van der Waals surface area contributed by atoms with Gasteiger partial charge in [-0.25, -0.2) is 4.57 Å². The number of aliphatic hydroxyl groups is 2. The fourth-order valence-corrected chi connectivity index (χ4v) is 5.27. The molecule has 0 bridgehead atoms. The van der Waals surface area contributed by atoms with E-state index in [0.717, 1.165) is 5.56 Å². The van der Waals surface area contributed by atoms with Crippen LogP contribution in [0.3, 0.4) is 0 Å². The van der Waals surface area contributed by atoms with Gasteiger partial charge in [-0.05, 0) is 71.4 Å². The molecule has 4 aromatic rings. The molecule has 65 heavy (non-hydrogen) atoms. The van der Waals surface area contributed by atoms with E-state index in [1.165, 1.54) is 19.0 Å². The molecular weight excluding hydrogens is 829 g/mol. The van der Waals surface area contributed by atoms with Crippen molar-refractivity contribution in [3.05, 3.63) is 181 Å². The molecule has 21 nitrogen and oxygen atoms in total. The van der Waals surface area contributed by atoms with Crippen LogP contribution in [0.4, 0.5) is 5.82 Å². The lowest BCUT2D eigenvalue weighted by Crippen LogP contribution is -2.72. The number of rotatable bonds is 25. The van der Waals surface area contributed by atoms with Crippen LogP contribution in [0.15, 0.2) is 220 Å². The third-order valence-electron chi connectivity index (χ3n) is 8.26. The minimum atomic E-state index is -0.104. The van der Waals surface area contributed by atoms with E-state index in [2.05, 4.69) is 74.5 Å². The van der Waals surface area contributed by atoms with Crippen LogP contribution in [0.2, 0.25) is 0 Å². The van der Waals surface area contributed by atoms with Gasteiger partial charge in [0.05, 0.1) is 69.0 Å². The Balaban J connectivity index is 1.55. The summed E-state index contributed by atoms with van der Waals surface area (Å²) in [5.41, 5.74) is 3.28. The number of nitrogens with two attached hydrogens (primary N) is 2. The third kappa shape index (κ3) is 19.2. The first kappa shape index (κ1) is 49.5. The normalized spacial score (nSPS) is 13.6. The average Bonchev–Trinajstić information content (AvgIpc) is 3.31. The molecule has 0 fully saturated rings. The first-order chi connectivity index (χ1) is 31.9. The molecule has 21 heteroatoms. The van der Waals surface area contributed by atoms with Gasteiger partial charge in [0.2, 0.25) is 0 Å². The standard InChI is InChI=1S/C44H53N18O3/c1-37(13-5-9-19-45-3)53-47-34-49-56-42-16-8-12-22-60(42)27-30-65-40-18-24-62(44(32-40)58-51-35-48-54-38(2)14-6-10-20-46-4)33-39-17-23-61(26-29-64)43(31-39)57-52-36-50-55-41-15-7-11-21-59(41)25-28-63/h5-24,31-32,34-36,45-46,63-64H,1-2,25-30,33H2,3-4H3/q+1/p+2/b13-5-,14-6-,19-9-,20-10-,49-34+,51-35+,53-47?,54-48?,56-42+,58-44+. The molecule has 0 aliphatic rings. The number of nitrogens with zero attached hydrogens (tertiary/aromatic N) is 16. The molecule has 0 atom stereocenters. The number of hydrogen-bond acceptors (Lipinski definition) is 12. The predicted molar refractivity (Wildman–Crippen MR) is 246 cm³/mol. The molecule has 6 N–H and O–H groups in total. The Morgan fingerprint density at radius 2 is 1.31 bits per heavy atom. The van der Waals surface area contributed by atoms with Crippen molar-refractivity contribution in [2.75, 3.05) is 33.9 Å². The number of hydrogen-bond donors (Lipinski definition) is 4. The van der Waals surface area contributed by atoms with E-state index in [1.54, 1.807) is 39.6 Å². The van der Waals surface area contributed by atoms with Gasteiger partial charge in [-0.3, -0.25) is 0 Å². The van der Waals surface area contributed by atoms with E-state index in [-0.39, 0.29) is 13.2 Å². The Morgan fingerprint density at radius 1 is 0.677 bits per heavy atom. The summed E-state index contributed by atoms with van der Waals surface area (Å²) in [4.78, 5) is 0. The quantitative estimate of drug-likeness (QED) is 0.0196. The maximum Gasteiger partial charge on any atom is 0.350 e. The summed E-state index contributed by atoms with van der Waals surface area (Å²) in [5, 5.41) is 72.3. The van der Waals surface area contributed by atoms with Crippen molar-refractivity contribution in [3.63, 3.8) is 0 Å². The van der Waals surface area contributed by atoms with Gasteiger partial charge in [0.1, 0.15) is 18.9 Å². The predicted octanol–water partition coefficient (Wildman–Crippen LogP) is 2.26. The molecule has 336 valence electrons. The van der Waals surface area contributed by atoms with Gasteiger partial charge in [-0.15, -0.1) is 40.8 Å². The maximum atomic E-state index is 9.72. The number of allylic oxidation sites excluding steroid dienone is 6. The second-order valence-corrected chi connectivity index (χ2v) is 13.0. The number of ether oxygens (including phenoxy) is 1. The highest BCUT2D eigenvalue weighted by atomic mass is 16.5. The first-order valence-electron chi connectivity index (χ1n) is 20.3. The summed E-state index contributed by atoms with van der Waals surface area (Å²) >= 11 is 0. The van der Waals surface area contributed by atoms with Crippen LogP contribution in [0, 0.1) is 0 Å². The van der Waals surface area contributed by atoms with Crippen LogP contribution in [-0.2, 0) is 26.2 Å². The Hall–Kier alpha value is -8.11. The fourth-order valence-electron chi connectivity index (χ4n) is 5.27. The van der Waals surface area contributed by atoms with Crippen molar-refractivity contribution in [1.29, 1.82) is 0 Å². The monoisotopic (exact) mass is 883 g/mol. The van der Waals surface area contributed by atoms with E-state index in [9.17, 15) is 10.2 Å². The van der Waals surface area contributed by atoms with Gasteiger partial charge in [-0.1, -0.05) is 37.4 Å². The fraction of sp³-hybridized carbons (Fsp3) is 0.205. The van der Waals surface area contributed by atoms with Crippen LogP contribution in [0.5, 0.6) is 5.75 Å². The van der Waals surface area contributed by atoms with Crippen LogP contribution < -0.4 is 36.4 Å². The average molecular weight is 884 g/mol. The molecule has 0 amide bonds. The van der Waals surface area contributed by atoms with Crippen molar-refractivity contribution < 1.29 is 30.2 Å². The van der Waals surface area contributed by atoms with Crippen molar-refractivity contribution in [2.24, 2.45) is 61.3 Å². The summed E-state index contributed by atoms with van der Waals surface area (Å²) in [6.07, 6.45) is 25.6. The van der Waals surface area contributed by atoms with E-state index in [4.69, 9.17) is 4.74 Å². The summed E-state index contributed by atoms with van der Waals surface area (Å²) in [6, 6.07) is 18.3.